The number of H-pyrrole nitrogens is 2. The molecule has 0 radical (unpaired) electrons. The molecule has 1 aliphatic rings. The van der Waals surface area contributed by atoms with E-state index in [2.05, 4.69) is 9.97 Å². The van der Waals surface area contributed by atoms with E-state index in [1.807, 2.05) is 0 Å². The summed E-state index contributed by atoms with van der Waals surface area (Å²) in [6.07, 6.45) is 5.64. The molecule has 1 aliphatic carbocycles. The van der Waals surface area contributed by atoms with Gasteiger partial charge in [-0.05, 0) is 12.8 Å². The van der Waals surface area contributed by atoms with Crippen molar-refractivity contribution < 1.29 is 4.79 Å². The van der Waals surface area contributed by atoms with E-state index < -0.39 is 0 Å². The van der Waals surface area contributed by atoms with Gasteiger partial charge in [-0.3, -0.25) is 4.79 Å². The molecule has 0 saturated heterocycles. The third-order valence-electron chi connectivity index (χ3n) is 3.23. The summed E-state index contributed by atoms with van der Waals surface area (Å²) in [4.78, 5) is 28.1. The van der Waals surface area contributed by atoms with Crippen LogP contribution in [0.2, 0.25) is 0 Å². The minimum atomic E-state index is -0.308. The topological polar surface area (TPSA) is 91.7 Å². The van der Waals surface area contributed by atoms with Crippen LogP contribution in [0.25, 0.3) is 0 Å². The highest BCUT2D eigenvalue weighted by atomic mass is 16.1. The van der Waals surface area contributed by atoms with Gasteiger partial charge in [-0.1, -0.05) is 19.3 Å². The van der Waals surface area contributed by atoms with Crippen molar-refractivity contribution in [2.75, 3.05) is 6.54 Å². The van der Waals surface area contributed by atoms with Crippen molar-refractivity contribution in [2.24, 2.45) is 5.73 Å². The average molecular weight is 223 g/mol. The second-order valence-electron chi connectivity index (χ2n) is 4.33. The maximum atomic E-state index is 11.6. The van der Waals surface area contributed by atoms with Crippen molar-refractivity contribution in [1.29, 1.82) is 0 Å². The quantitative estimate of drug-likeness (QED) is 0.664. The van der Waals surface area contributed by atoms with E-state index in [0.29, 0.717) is 11.6 Å². The Balaban J connectivity index is 2.31. The van der Waals surface area contributed by atoms with Crippen molar-refractivity contribution in [3.05, 3.63) is 21.9 Å². The monoisotopic (exact) mass is 223 g/mol. The van der Waals surface area contributed by atoms with Gasteiger partial charge in [0, 0.05) is 11.6 Å². The second-order valence-corrected chi connectivity index (χ2v) is 4.33. The number of aromatic amines is 2. The van der Waals surface area contributed by atoms with Crippen LogP contribution < -0.4 is 11.4 Å². The zero-order valence-corrected chi connectivity index (χ0v) is 9.21. The van der Waals surface area contributed by atoms with Crippen molar-refractivity contribution in [3.8, 4) is 0 Å². The molecule has 1 heterocycles. The van der Waals surface area contributed by atoms with Gasteiger partial charge in [0.25, 0.3) is 0 Å². The molecule has 1 aromatic heterocycles. The van der Waals surface area contributed by atoms with Crippen LogP contribution >= 0.6 is 0 Å². The highest BCUT2D eigenvalue weighted by Crippen LogP contribution is 2.32. The van der Waals surface area contributed by atoms with E-state index in [0.717, 1.165) is 31.4 Å². The number of carbonyl (C=O) groups excluding carboxylic acids is 1. The van der Waals surface area contributed by atoms with Crippen LogP contribution in [0.3, 0.4) is 0 Å². The number of aromatic nitrogens is 2. The molecule has 1 fully saturated rings. The summed E-state index contributed by atoms with van der Waals surface area (Å²) in [5.41, 5.74) is 6.17. The molecule has 2 rings (SSSR count). The number of ketones is 1. The number of carbonyl (C=O) groups is 1. The number of hydrogen-bond donors (Lipinski definition) is 3. The lowest BCUT2D eigenvalue weighted by atomic mass is 9.86. The first-order valence-electron chi connectivity index (χ1n) is 5.78. The van der Waals surface area contributed by atoms with Crippen LogP contribution in [0.5, 0.6) is 0 Å². The molecule has 5 heteroatoms. The van der Waals surface area contributed by atoms with Crippen LogP contribution in [0.4, 0.5) is 0 Å². The second kappa shape index (κ2) is 4.65. The fraction of sp³-hybridized carbons (Fsp3) is 0.636. The molecule has 0 aliphatic heterocycles. The molecule has 16 heavy (non-hydrogen) atoms. The molecule has 0 bridgehead atoms. The number of rotatable bonds is 3. The van der Waals surface area contributed by atoms with Crippen LogP contribution in [-0.2, 0) is 0 Å². The summed E-state index contributed by atoms with van der Waals surface area (Å²) in [6, 6.07) is 0. The molecule has 4 N–H and O–H groups in total. The minimum absolute atomic E-state index is 0.0620. The molecule has 88 valence electrons. The first kappa shape index (κ1) is 11.1. The molecular formula is C11H17N3O2. The number of hydrogen-bond acceptors (Lipinski definition) is 3. The van der Waals surface area contributed by atoms with Gasteiger partial charge in [0.1, 0.15) is 5.69 Å². The minimum Gasteiger partial charge on any atom is -0.324 e. The molecule has 0 amide bonds. The number of nitrogens with one attached hydrogen (secondary N) is 2. The van der Waals surface area contributed by atoms with Crippen LogP contribution in [0.15, 0.2) is 4.79 Å². The normalized spacial score (nSPS) is 17.6. The summed E-state index contributed by atoms with van der Waals surface area (Å²) in [6.45, 7) is -0.0620. The third-order valence-corrected chi connectivity index (χ3v) is 3.23. The van der Waals surface area contributed by atoms with Crippen molar-refractivity contribution in [1.82, 2.24) is 9.97 Å². The van der Waals surface area contributed by atoms with Gasteiger partial charge in [0.2, 0.25) is 0 Å². The van der Waals surface area contributed by atoms with Gasteiger partial charge in [0.15, 0.2) is 5.78 Å². The maximum Gasteiger partial charge on any atom is 0.323 e. The predicted molar refractivity (Wildman–Crippen MR) is 60.6 cm³/mol. The fourth-order valence-electron chi connectivity index (χ4n) is 2.42. The van der Waals surface area contributed by atoms with Gasteiger partial charge >= 0.3 is 5.69 Å². The lowest BCUT2D eigenvalue weighted by Crippen LogP contribution is -2.18. The largest absolute Gasteiger partial charge is 0.324 e. The third kappa shape index (κ3) is 2.09. The van der Waals surface area contributed by atoms with E-state index in [1.54, 1.807) is 0 Å². The number of Topliss-reactive ketones (excluding diaryl/α,β-unsaturated/α-hetero) is 1. The Hall–Kier alpha value is -1.36. The van der Waals surface area contributed by atoms with Crippen LogP contribution in [0, 0.1) is 0 Å². The molecule has 0 spiro atoms. The maximum absolute atomic E-state index is 11.6. The Labute approximate surface area is 93.4 Å². The Morgan fingerprint density at radius 3 is 2.56 bits per heavy atom. The van der Waals surface area contributed by atoms with E-state index in [9.17, 15) is 9.59 Å². The van der Waals surface area contributed by atoms with Crippen molar-refractivity contribution >= 4 is 5.78 Å². The predicted octanol–water partition coefficient (Wildman–Crippen LogP) is 0.892. The van der Waals surface area contributed by atoms with Crippen LogP contribution in [-0.4, -0.2) is 22.3 Å². The Bertz CT molecular complexity index is 427. The standard InChI is InChI=1S/C11H17N3O2/c12-6-8(15)10-9(13-11(16)14-10)7-4-2-1-3-5-7/h7H,1-6,12H2,(H2,13,14,16). The van der Waals surface area contributed by atoms with E-state index >= 15 is 0 Å². The molecule has 0 unspecified atom stereocenters. The summed E-state index contributed by atoms with van der Waals surface area (Å²) in [7, 11) is 0. The number of imidazole rings is 1. The van der Waals surface area contributed by atoms with E-state index in [1.165, 1.54) is 6.42 Å². The summed E-state index contributed by atoms with van der Waals surface area (Å²) >= 11 is 0. The molecular weight excluding hydrogens is 206 g/mol. The summed E-state index contributed by atoms with van der Waals surface area (Å²) < 4.78 is 0. The van der Waals surface area contributed by atoms with Gasteiger partial charge in [0.05, 0.1) is 6.54 Å². The van der Waals surface area contributed by atoms with Gasteiger partial charge in [-0.2, -0.15) is 0 Å². The Morgan fingerprint density at radius 1 is 1.25 bits per heavy atom. The highest BCUT2D eigenvalue weighted by Gasteiger charge is 2.23. The average Bonchev–Trinajstić information content (AvgIpc) is 2.71. The van der Waals surface area contributed by atoms with Gasteiger partial charge < -0.3 is 15.7 Å². The molecule has 1 saturated carbocycles. The first-order chi connectivity index (χ1) is 7.72. The summed E-state index contributed by atoms with van der Waals surface area (Å²) in [5, 5.41) is 0. The summed E-state index contributed by atoms with van der Waals surface area (Å²) in [5.74, 6) is 0.108. The molecule has 1 aromatic rings. The Morgan fingerprint density at radius 2 is 1.94 bits per heavy atom. The van der Waals surface area contributed by atoms with Gasteiger partial charge in [-0.15, -0.1) is 0 Å². The van der Waals surface area contributed by atoms with E-state index in [4.69, 9.17) is 5.73 Å². The molecule has 0 aromatic carbocycles. The fourth-order valence-corrected chi connectivity index (χ4v) is 2.42. The highest BCUT2D eigenvalue weighted by molar-refractivity contribution is 5.96. The van der Waals surface area contributed by atoms with E-state index in [-0.39, 0.29) is 18.0 Å². The molecule has 0 atom stereocenters. The number of nitrogens with two attached hydrogens (primary N) is 1. The van der Waals surface area contributed by atoms with Crippen molar-refractivity contribution in [2.45, 2.75) is 38.0 Å². The van der Waals surface area contributed by atoms with Crippen LogP contribution in [0.1, 0.15) is 54.2 Å². The zero-order chi connectivity index (χ0) is 11.5. The zero-order valence-electron chi connectivity index (χ0n) is 9.21. The lowest BCUT2D eigenvalue weighted by Gasteiger charge is -2.20. The first-order valence-corrected chi connectivity index (χ1v) is 5.78. The SMILES string of the molecule is NCC(=O)c1[nH]c(=O)[nH]c1C1CCCCC1. The smallest absolute Gasteiger partial charge is 0.323 e. The van der Waals surface area contributed by atoms with Gasteiger partial charge in [-0.25, -0.2) is 4.79 Å². The Kier molecular flexibility index (Phi) is 3.24. The lowest BCUT2D eigenvalue weighted by molar-refractivity contribution is 0.0995. The van der Waals surface area contributed by atoms with Crippen molar-refractivity contribution in [3.63, 3.8) is 0 Å². The molecule has 5 nitrogen and oxygen atoms in total.